The van der Waals surface area contributed by atoms with E-state index in [2.05, 4.69) is 34.2 Å². The molecule has 3 N–H and O–H groups in total. The average Bonchev–Trinajstić information content (AvgIpc) is 2.40. The molecule has 6 heteroatoms. The van der Waals surface area contributed by atoms with Gasteiger partial charge in [-0.15, -0.1) is 0 Å². The average molecular weight is 279 g/mol. The lowest BCUT2D eigenvalue weighted by Crippen LogP contribution is -2.52. The summed E-state index contributed by atoms with van der Waals surface area (Å²) in [5.74, 6) is 0.826. The third-order valence-corrected chi connectivity index (χ3v) is 3.78. The fourth-order valence-corrected chi connectivity index (χ4v) is 2.35. The number of nitrogens with zero attached hydrogens (tertiary/aromatic N) is 3. The van der Waals surface area contributed by atoms with E-state index in [1.165, 1.54) is 0 Å². The molecule has 1 fully saturated rings. The van der Waals surface area contributed by atoms with E-state index in [9.17, 15) is 0 Å². The predicted molar refractivity (Wildman–Crippen MR) is 82.5 cm³/mol. The number of hydrogen-bond acceptors (Lipinski definition) is 5. The van der Waals surface area contributed by atoms with Gasteiger partial charge in [-0.05, 0) is 26.2 Å². The number of likely N-dealkylation sites (N-methyl/N-ethyl adjacent to an activating group) is 2. The van der Waals surface area contributed by atoms with Gasteiger partial charge in [-0.25, -0.2) is 4.98 Å². The number of thiocarbonyl (C=S) groups is 1. The lowest BCUT2D eigenvalue weighted by atomic mass is 10.2. The van der Waals surface area contributed by atoms with Crippen molar-refractivity contribution in [2.75, 3.05) is 45.6 Å². The van der Waals surface area contributed by atoms with Crippen molar-refractivity contribution >= 4 is 23.0 Å². The van der Waals surface area contributed by atoms with Crippen molar-refractivity contribution in [2.45, 2.75) is 6.04 Å². The predicted octanol–water partition coefficient (Wildman–Crippen LogP) is 0.374. The molecule has 1 aromatic rings. The molecule has 2 rings (SSSR count). The molecule has 1 aromatic heterocycles. The lowest BCUT2D eigenvalue weighted by Gasteiger charge is -2.37. The second kappa shape index (κ2) is 6.27. The number of nitrogens with one attached hydrogen (secondary N) is 1. The van der Waals surface area contributed by atoms with Gasteiger partial charge in [0.2, 0.25) is 0 Å². The minimum absolute atomic E-state index is 0.403. The van der Waals surface area contributed by atoms with Gasteiger partial charge in [0.15, 0.2) is 0 Å². The number of piperazine rings is 1. The van der Waals surface area contributed by atoms with E-state index in [1.807, 2.05) is 12.1 Å². The largest absolute Gasteiger partial charge is 0.389 e. The monoisotopic (exact) mass is 279 g/mol. The summed E-state index contributed by atoms with van der Waals surface area (Å²) < 4.78 is 0. The summed E-state index contributed by atoms with van der Waals surface area (Å²) in [6, 6.07) is 4.22. The first-order valence-corrected chi connectivity index (χ1v) is 6.85. The standard InChI is InChI=1S/C13H21N5S/c1-17-5-6-18(2)11(9-17)8-16-12-7-10(13(14)19)3-4-15-12/h3-4,7,11H,5-6,8-9H2,1-2H3,(H2,14,19)(H,15,16). The number of aromatic nitrogens is 1. The van der Waals surface area contributed by atoms with Gasteiger partial charge in [-0.3, -0.25) is 4.90 Å². The fraction of sp³-hybridized carbons (Fsp3) is 0.538. The molecule has 0 radical (unpaired) electrons. The zero-order valence-corrected chi connectivity index (χ0v) is 12.3. The molecular weight excluding hydrogens is 258 g/mol. The Morgan fingerprint density at radius 2 is 2.32 bits per heavy atom. The molecule has 2 heterocycles. The van der Waals surface area contributed by atoms with Crippen LogP contribution in [0.15, 0.2) is 18.3 Å². The summed E-state index contributed by atoms with van der Waals surface area (Å²) in [5, 5.41) is 3.37. The molecule has 1 unspecified atom stereocenters. The maximum absolute atomic E-state index is 5.62. The molecule has 1 saturated heterocycles. The zero-order valence-electron chi connectivity index (χ0n) is 11.5. The molecule has 0 aliphatic carbocycles. The summed E-state index contributed by atoms with van der Waals surface area (Å²) in [7, 11) is 4.32. The topological polar surface area (TPSA) is 57.4 Å². The van der Waals surface area contributed by atoms with Crippen molar-refractivity contribution in [1.29, 1.82) is 0 Å². The van der Waals surface area contributed by atoms with Crippen LogP contribution >= 0.6 is 12.2 Å². The van der Waals surface area contributed by atoms with Crippen LogP contribution in [0, 0.1) is 0 Å². The highest BCUT2D eigenvalue weighted by molar-refractivity contribution is 7.80. The zero-order chi connectivity index (χ0) is 13.8. The minimum Gasteiger partial charge on any atom is -0.389 e. The van der Waals surface area contributed by atoms with E-state index in [1.54, 1.807) is 6.20 Å². The van der Waals surface area contributed by atoms with Gasteiger partial charge in [0.25, 0.3) is 0 Å². The fourth-order valence-electron chi connectivity index (χ4n) is 2.22. The lowest BCUT2D eigenvalue weighted by molar-refractivity contribution is 0.122. The first-order valence-electron chi connectivity index (χ1n) is 6.45. The van der Waals surface area contributed by atoms with Gasteiger partial charge in [-0.2, -0.15) is 0 Å². The molecule has 0 amide bonds. The summed E-state index contributed by atoms with van der Waals surface area (Å²) in [6.07, 6.45) is 1.73. The Kier molecular flexibility index (Phi) is 4.68. The minimum atomic E-state index is 0.403. The summed E-state index contributed by atoms with van der Waals surface area (Å²) in [5.41, 5.74) is 6.47. The Bertz CT molecular complexity index is 450. The van der Waals surface area contributed by atoms with Gasteiger partial charge in [0.1, 0.15) is 10.8 Å². The van der Waals surface area contributed by atoms with Crippen LogP contribution in [0.2, 0.25) is 0 Å². The van der Waals surface area contributed by atoms with Crippen LogP contribution in [0.4, 0.5) is 5.82 Å². The first-order chi connectivity index (χ1) is 9.06. The van der Waals surface area contributed by atoms with Crippen molar-refractivity contribution < 1.29 is 0 Å². The van der Waals surface area contributed by atoms with Crippen LogP contribution in [0.25, 0.3) is 0 Å². The van der Waals surface area contributed by atoms with Crippen molar-refractivity contribution in [3.05, 3.63) is 23.9 Å². The van der Waals surface area contributed by atoms with Crippen LogP contribution in [-0.4, -0.2) is 66.1 Å². The highest BCUT2D eigenvalue weighted by atomic mass is 32.1. The van der Waals surface area contributed by atoms with Crippen molar-refractivity contribution in [1.82, 2.24) is 14.8 Å². The highest BCUT2D eigenvalue weighted by Gasteiger charge is 2.21. The maximum atomic E-state index is 5.62. The molecule has 0 spiro atoms. The first kappa shape index (κ1) is 14.2. The normalized spacial score (nSPS) is 21.3. The van der Waals surface area contributed by atoms with E-state index >= 15 is 0 Å². The van der Waals surface area contributed by atoms with E-state index in [4.69, 9.17) is 18.0 Å². The van der Waals surface area contributed by atoms with E-state index in [0.29, 0.717) is 11.0 Å². The third kappa shape index (κ3) is 3.86. The van der Waals surface area contributed by atoms with E-state index < -0.39 is 0 Å². The third-order valence-electron chi connectivity index (χ3n) is 3.54. The van der Waals surface area contributed by atoms with Crippen LogP contribution in [0.3, 0.4) is 0 Å². The molecule has 1 atom stereocenters. The summed E-state index contributed by atoms with van der Waals surface area (Å²) in [6.45, 7) is 4.17. The molecule has 0 bridgehead atoms. The SMILES string of the molecule is CN1CCN(C)C(CNc2cc(C(N)=S)ccn2)C1. The Labute approximate surface area is 119 Å². The Morgan fingerprint density at radius 3 is 3.05 bits per heavy atom. The molecule has 0 saturated carbocycles. The van der Waals surface area contributed by atoms with Gasteiger partial charge in [-0.1, -0.05) is 12.2 Å². The Morgan fingerprint density at radius 1 is 1.53 bits per heavy atom. The van der Waals surface area contributed by atoms with Gasteiger partial charge < -0.3 is 16.0 Å². The second-order valence-electron chi connectivity index (χ2n) is 5.07. The number of anilines is 1. The molecule has 5 nitrogen and oxygen atoms in total. The smallest absolute Gasteiger partial charge is 0.126 e. The van der Waals surface area contributed by atoms with Gasteiger partial charge in [0.05, 0.1) is 0 Å². The maximum Gasteiger partial charge on any atom is 0.126 e. The Hall–Kier alpha value is -1.24. The van der Waals surface area contributed by atoms with Crippen LogP contribution < -0.4 is 11.1 Å². The van der Waals surface area contributed by atoms with Crippen LogP contribution in [0.5, 0.6) is 0 Å². The number of hydrogen-bond donors (Lipinski definition) is 2. The van der Waals surface area contributed by atoms with Crippen molar-refractivity contribution in [3.63, 3.8) is 0 Å². The van der Waals surface area contributed by atoms with E-state index in [-0.39, 0.29) is 0 Å². The molecule has 0 aromatic carbocycles. The number of rotatable bonds is 4. The molecule has 1 aliphatic heterocycles. The number of pyridine rings is 1. The number of nitrogens with two attached hydrogens (primary N) is 1. The van der Waals surface area contributed by atoms with Crippen molar-refractivity contribution in [2.24, 2.45) is 5.73 Å². The van der Waals surface area contributed by atoms with E-state index in [0.717, 1.165) is 37.6 Å². The summed E-state index contributed by atoms with van der Waals surface area (Å²) >= 11 is 4.97. The van der Waals surface area contributed by atoms with Crippen molar-refractivity contribution in [3.8, 4) is 0 Å². The molecule has 1 aliphatic rings. The van der Waals surface area contributed by atoms with Crippen LogP contribution in [-0.2, 0) is 0 Å². The highest BCUT2D eigenvalue weighted by Crippen LogP contribution is 2.10. The van der Waals surface area contributed by atoms with Gasteiger partial charge >= 0.3 is 0 Å². The summed E-state index contributed by atoms with van der Waals surface area (Å²) in [4.78, 5) is 9.43. The molecule has 104 valence electrons. The Balaban J connectivity index is 1.94. The quantitative estimate of drug-likeness (QED) is 0.777. The van der Waals surface area contributed by atoms with Crippen LogP contribution in [0.1, 0.15) is 5.56 Å². The van der Waals surface area contributed by atoms with Gasteiger partial charge in [0, 0.05) is 44.0 Å². The second-order valence-corrected chi connectivity index (χ2v) is 5.51. The molecule has 19 heavy (non-hydrogen) atoms. The molecular formula is C13H21N5S.